The van der Waals surface area contributed by atoms with Gasteiger partial charge in [-0.3, -0.25) is 5.41 Å². The van der Waals surface area contributed by atoms with E-state index in [2.05, 4.69) is 46.5 Å². The van der Waals surface area contributed by atoms with Gasteiger partial charge in [-0.2, -0.15) is 0 Å². The van der Waals surface area contributed by atoms with Crippen LogP contribution in [0.4, 0.5) is 0 Å². The molecule has 0 aliphatic carbocycles. The molecule has 120 valence electrons. The Morgan fingerprint density at radius 3 is 1.75 bits per heavy atom. The minimum absolute atomic E-state index is 0.0175. The highest BCUT2D eigenvalue weighted by Gasteiger charge is 2.48. The molecule has 0 fully saturated rings. The van der Waals surface area contributed by atoms with Gasteiger partial charge in [-0.05, 0) is 31.2 Å². The Bertz CT molecular complexity index is 307. The van der Waals surface area contributed by atoms with Gasteiger partial charge in [0.05, 0.1) is 0 Å². The van der Waals surface area contributed by atoms with Crippen molar-refractivity contribution in [3.8, 4) is 0 Å². The fraction of sp³-hybridized carbons (Fsp3) is 0.929. The second-order valence-electron chi connectivity index (χ2n) is 6.36. The summed E-state index contributed by atoms with van der Waals surface area (Å²) in [4.78, 5) is 0. The lowest BCUT2D eigenvalue weighted by atomic mass is 9.82. The molecule has 5 nitrogen and oxygen atoms in total. The first-order chi connectivity index (χ1) is 9.10. The van der Waals surface area contributed by atoms with E-state index >= 15 is 0 Å². The smallest absolute Gasteiger partial charge is 0.338 e. The third kappa shape index (κ3) is 4.75. The Hall–Kier alpha value is -0.593. The fourth-order valence-electron chi connectivity index (χ4n) is 3.40. The molecule has 0 aromatic carbocycles. The summed E-state index contributed by atoms with van der Waals surface area (Å²) in [7, 11) is 1.20. The molecular formula is C14H33N3O2Si. The summed E-state index contributed by atoms with van der Waals surface area (Å²) in [6.45, 7) is 13.0. The summed E-state index contributed by atoms with van der Waals surface area (Å²) in [6, 6.07) is 0.108. The highest BCUT2D eigenvalue weighted by Crippen LogP contribution is 2.42. The monoisotopic (exact) mass is 303 g/mol. The average Bonchev–Trinajstić information content (AvgIpc) is 2.32. The fourth-order valence-corrected chi connectivity index (χ4v) is 6.69. The first kappa shape index (κ1) is 19.4. The number of hydrogen-bond acceptors (Lipinski definition) is 3. The topological polar surface area (TPSA) is 80.4 Å². The summed E-state index contributed by atoms with van der Waals surface area (Å²) in [6.07, 6.45) is 0. The highest BCUT2D eigenvalue weighted by molar-refractivity contribution is 6.67. The van der Waals surface area contributed by atoms with E-state index in [4.69, 9.17) is 20.0 Å². The molecule has 0 aromatic rings. The van der Waals surface area contributed by atoms with Crippen molar-refractivity contribution in [2.75, 3.05) is 14.2 Å². The first-order valence-electron chi connectivity index (χ1n) is 7.31. The largest absolute Gasteiger partial charge is 0.398 e. The van der Waals surface area contributed by atoms with Gasteiger partial charge < -0.3 is 19.9 Å². The van der Waals surface area contributed by atoms with Crippen LogP contribution in [0.1, 0.15) is 34.6 Å². The summed E-state index contributed by atoms with van der Waals surface area (Å²) in [5.74, 6) is 1.23. The van der Waals surface area contributed by atoms with E-state index in [1.54, 1.807) is 14.2 Å². The van der Waals surface area contributed by atoms with E-state index < -0.39 is 8.56 Å². The lowest BCUT2D eigenvalue weighted by molar-refractivity contribution is 0.171. The Kier molecular flexibility index (Phi) is 7.76. The zero-order valence-corrected chi connectivity index (χ0v) is 15.3. The number of nitrogens with two attached hydrogens (primary N) is 1. The standard InChI is InChI=1S/C14H33N3O2Si/c1-9(2)12(11(5)17-14(15)16)13(10(3)4)20(8,18-6)19-7/h9-13H,1-8H3,(H4,15,16,17). The van der Waals surface area contributed by atoms with Crippen LogP contribution in [0, 0.1) is 23.2 Å². The summed E-state index contributed by atoms with van der Waals surface area (Å²) in [5, 5.41) is 10.5. The molecule has 0 aromatic heterocycles. The SMILES string of the molecule is CO[Si](C)(OC)C(C(C)C)C(C(C)C)C(C)NC(=N)N. The van der Waals surface area contributed by atoms with Crippen LogP contribution < -0.4 is 11.1 Å². The average molecular weight is 304 g/mol. The number of rotatable bonds is 8. The Morgan fingerprint density at radius 1 is 1.05 bits per heavy atom. The first-order valence-corrected chi connectivity index (χ1v) is 9.70. The van der Waals surface area contributed by atoms with Crippen molar-refractivity contribution in [2.45, 2.75) is 52.7 Å². The van der Waals surface area contributed by atoms with Crippen LogP contribution >= 0.6 is 0 Å². The van der Waals surface area contributed by atoms with Crippen LogP contribution in [0.3, 0.4) is 0 Å². The van der Waals surface area contributed by atoms with Gasteiger partial charge in [0.15, 0.2) is 5.96 Å². The van der Waals surface area contributed by atoms with Crippen LogP contribution in [0.2, 0.25) is 12.1 Å². The Labute approximate surface area is 125 Å². The molecule has 0 radical (unpaired) electrons. The third-order valence-corrected chi connectivity index (χ3v) is 8.16. The van der Waals surface area contributed by atoms with Crippen LogP contribution in [-0.4, -0.2) is 34.8 Å². The molecule has 0 heterocycles. The molecule has 0 saturated carbocycles. The molecule has 4 N–H and O–H groups in total. The van der Waals surface area contributed by atoms with Crippen molar-refractivity contribution >= 4 is 14.5 Å². The summed E-state index contributed by atoms with van der Waals surface area (Å²) < 4.78 is 11.6. The van der Waals surface area contributed by atoms with Gasteiger partial charge in [0.2, 0.25) is 0 Å². The molecule has 3 unspecified atom stereocenters. The summed E-state index contributed by atoms with van der Waals surface area (Å²) in [5.41, 5.74) is 5.82. The van der Waals surface area contributed by atoms with E-state index in [9.17, 15) is 0 Å². The molecule has 0 bridgehead atoms. The highest BCUT2D eigenvalue weighted by atomic mass is 28.4. The predicted molar refractivity (Wildman–Crippen MR) is 87.1 cm³/mol. The van der Waals surface area contributed by atoms with Gasteiger partial charge in [-0.15, -0.1) is 0 Å². The summed E-state index contributed by atoms with van der Waals surface area (Å²) >= 11 is 0. The van der Waals surface area contributed by atoms with Crippen molar-refractivity contribution in [2.24, 2.45) is 23.5 Å². The lowest BCUT2D eigenvalue weighted by Gasteiger charge is -2.44. The van der Waals surface area contributed by atoms with Crippen molar-refractivity contribution in [3.05, 3.63) is 0 Å². The zero-order chi connectivity index (χ0) is 16.1. The van der Waals surface area contributed by atoms with Crippen LogP contribution in [0.5, 0.6) is 0 Å². The maximum Gasteiger partial charge on any atom is 0.338 e. The zero-order valence-electron chi connectivity index (χ0n) is 14.3. The third-order valence-electron chi connectivity index (χ3n) is 4.28. The Morgan fingerprint density at radius 2 is 1.50 bits per heavy atom. The molecule has 0 saturated heterocycles. The number of hydrogen-bond donors (Lipinski definition) is 3. The van der Waals surface area contributed by atoms with Crippen LogP contribution in [0.15, 0.2) is 0 Å². The maximum atomic E-state index is 7.47. The van der Waals surface area contributed by atoms with E-state index in [0.717, 1.165) is 0 Å². The van der Waals surface area contributed by atoms with Crippen molar-refractivity contribution < 1.29 is 8.85 Å². The predicted octanol–water partition coefficient (Wildman–Crippen LogP) is 2.52. The minimum Gasteiger partial charge on any atom is -0.398 e. The van der Waals surface area contributed by atoms with Crippen molar-refractivity contribution in [1.29, 1.82) is 5.41 Å². The molecule has 6 heteroatoms. The van der Waals surface area contributed by atoms with E-state index in [1.165, 1.54) is 0 Å². The minimum atomic E-state index is -2.28. The van der Waals surface area contributed by atoms with Crippen molar-refractivity contribution in [1.82, 2.24) is 5.32 Å². The molecule has 0 aliphatic rings. The van der Waals surface area contributed by atoms with Gasteiger partial charge in [0, 0.05) is 25.8 Å². The van der Waals surface area contributed by atoms with Gasteiger partial charge in [0.1, 0.15) is 0 Å². The maximum absolute atomic E-state index is 7.47. The van der Waals surface area contributed by atoms with Crippen molar-refractivity contribution in [3.63, 3.8) is 0 Å². The number of guanidine groups is 1. The molecule has 0 spiro atoms. The molecule has 0 aliphatic heterocycles. The number of nitrogens with one attached hydrogen (secondary N) is 2. The molecule has 0 amide bonds. The van der Waals surface area contributed by atoms with E-state index in [-0.39, 0.29) is 12.0 Å². The second-order valence-corrected chi connectivity index (χ2v) is 9.88. The van der Waals surface area contributed by atoms with Gasteiger partial charge >= 0.3 is 8.56 Å². The van der Waals surface area contributed by atoms with Crippen LogP contribution in [0.25, 0.3) is 0 Å². The second kappa shape index (κ2) is 8.00. The van der Waals surface area contributed by atoms with Gasteiger partial charge in [0.25, 0.3) is 0 Å². The van der Waals surface area contributed by atoms with E-state index in [1.807, 2.05) is 0 Å². The normalized spacial score (nSPS) is 17.1. The van der Waals surface area contributed by atoms with Crippen LogP contribution in [-0.2, 0) is 8.85 Å². The molecule has 20 heavy (non-hydrogen) atoms. The Balaban J connectivity index is 5.51. The van der Waals surface area contributed by atoms with E-state index in [0.29, 0.717) is 23.3 Å². The molecule has 0 rings (SSSR count). The van der Waals surface area contributed by atoms with Gasteiger partial charge in [-0.1, -0.05) is 27.7 Å². The molecule has 3 atom stereocenters. The quantitative estimate of drug-likeness (QED) is 0.366. The molecular weight excluding hydrogens is 270 g/mol. The van der Waals surface area contributed by atoms with Gasteiger partial charge in [-0.25, -0.2) is 0 Å². The lowest BCUT2D eigenvalue weighted by Crippen LogP contribution is -2.54.